The summed E-state index contributed by atoms with van der Waals surface area (Å²) in [5.74, 6) is 0.622. The number of rotatable bonds is 3. The fourth-order valence-corrected chi connectivity index (χ4v) is 2.55. The van der Waals surface area contributed by atoms with Crippen molar-refractivity contribution >= 4 is 5.97 Å². The molecule has 3 atom stereocenters. The zero-order valence-electron chi connectivity index (χ0n) is 11.3. The molecule has 0 aromatic carbocycles. The van der Waals surface area contributed by atoms with Crippen LogP contribution in [0.15, 0.2) is 11.6 Å². The van der Waals surface area contributed by atoms with Gasteiger partial charge in [0.2, 0.25) is 0 Å². The monoisotopic (exact) mass is 240 g/mol. The van der Waals surface area contributed by atoms with E-state index in [-0.39, 0.29) is 17.8 Å². The van der Waals surface area contributed by atoms with Gasteiger partial charge in [-0.25, -0.2) is 4.79 Å². The van der Waals surface area contributed by atoms with Crippen LogP contribution in [-0.2, 0) is 9.53 Å². The van der Waals surface area contributed by atoms with E-state index < -0.39 is 6.10 Å². The summed E-state index contributed by atoms with van der Waals surface area (Å²) in [5, 5.41) is 10.3. The maximum atomic E-state index is 11.5. The molecule has 1 aliphatic rings. The van der Waals surface area contributed by atoms with Crippen LogP contribution in [0.1, 0.15) is 40.5 Å². The van der Waals surface area contributed by atoms with Gasteiger partial charge in [0.25, 0.3) is 0 Å². The first-order valence-electron chi connectivity index (χ1n) is 6.53. The van der Waals surface area contributed by atoms with E-state index in [1.807, 2.05) is 0 Å². The third-order valence-corrected chi connectivity index (χ3v) is 3.68. The molecular weight excluding hydrogens is 216 g/mol. The maximum absolute atomic E-state index is 11.5. The zero-order chi connectivity index (χ0) is 13.0. The second kappa shape index (κ2) is 6.20. The molecule has 3 heteroatoms. The Balaban J connectivity index is 2.83. The summed E-state index contributed by atoms with van der Waals surface area (Å²) in [4.78, 5) is 11.5. The van der Waals surface area contributed by atoms with Crippen LogP contribution < -0.4 is 0 Å². The molecule has 1 fully saturated rings. The highest BCUT2D eigenvalue weighted by atomic mass is 16.5. The normalized spacial score (nSPS) is 31.9. The zero-order valence-corrected chi connectivity index (χ0v) is 11.3. The van der Waals surface area contributed by atoms with Gasteiger partial charge in [0, 0.05) is 6.08 Å². The van der Waals surface area contributed by atoms with Crippen LogP contribution in [-0.4, -0.2) is 23.8 Å². The van der Waals surface area contributed by atoms with E-state index in [9.17, 15) is 9.90 Å². The fraction of sp³-hybridized carbons (Fsp3) is 0.786. The van der Waals surface area contributed by atoms with Crippen LogP contribution in [0.4, 0.5) is 0 Å². The average Bonchev–Trinajstić information content (AvgIpc) is 2.24. The van der Waals surface area contributed by atoms with Crippen molar-refractivity contribution in [3.8, 4) is 0 Å². The van der Waals surface area contributed by atoms with Crippen LogP contribution in [0.5, 0.6) is 0 Å². The van der Waals surface area contributed by atoms with Gasteiger partial charge in [-0.1, -0.05) is 20.8 Å². The maximum Gasteiger partial charge on any atom is 0.330 e. The van der Waals surface area contributed by atoms with E-state index in [0.717, 1.165) is 18.4 Å². The Morgan fingerprint density at radius 2 is 2.18 bits per heavy atom. The molecule has 17 heavy (non-hydrogen) atoms. The van der Waals surface area contributed by atoms with Gasteiger partial charge in [0.15, 0.2) is 0 Å². The Labute approximate surface area is 104 Å². The summed E-state index contributed by atoms with van der Waals surface area (Å²) >= 11 is 0. The number of hydrogen-bond acceptors (Lipinski definition) is 3. The molecule has 0 bridgehead atoms. The number of esters is 1. The second-order valence-corrected chi connectivity index (χ2v) is 5.23. The molecule has 1 saturated carbocycles. The number of aliphatic hydroxyl groups excluding tert-OH is 1. The summed E-state index contributed by atoms with van der Waals surface area (Å²) in [7, 11) is 0. The molecule has 0 aliphatic heterocycles. The van der Waals surface area contributed by atoms with Crippen LogP contribution in [0.3, 0.4) is 0 Å². The van der Waals surface area contributed by atoms with Crippen molar-refractivity contribution in [1.82, 2.24) is 0 Å². The molecule has 1 N–H and O–H groups in total. The lowest BCUT2D eigenvalue weighted by Crippen LogP contribution is -2.34. The first-order chi connectivity index (χ1) is 7.97. The highest BCUT2D eigenvalue weighted by molar-refractivity contribution is 5.83. The van der Waals surface area contributed by atoms with E-state index in [2.05, 4.69) is 20.8 Å². The van der Waals surface area contributed by atoms with Crippen molar-refractivity contribution in [2.45, 2.75) is 46.6 Å². The molecule has 0 amide bonds. The molecule has 3 nitrogen and oxygen atoms in total. The van der Waals surface area contributed by atoms with Crippen molar-refractivity contribution in [3.63, 3.8) is 0 Å². The largest absolute Gasteiger partial charge is 0.463 e. The summed E-state index contributed by atoms with van der Waals surface area (Å²) in [6.45, 7) is 8.46. The third-order valence-electron chi connectivity index (χ3n) is 3.68. The molecule has 0 radical (unpaired) electrons. The van der Waals surface area contributed by atoms with Crippen molar-refractivity contribution in [1.29, 1.82) is 0 Å². The Hall–Kier alpha value is -0.830. The van der Waals surface area contributed by atoms with E-state index in [1.54, 1.807) is 6.92 Å². The SMILES string of the molecule is CCOC(=O)/C=C1/[C@H](C)CC[C@@H](C(C)C)[C@@H]1O. The minimum atomic E-state index is -0.497. The summed E-state index contributed by atoms with van der Waals surface area (Å²) in [6, 6.07) is 0. The van der Waals surface area contributed by atoms with Gasteiger partial charge in [0.05, 0.1) is 12.7 Å². The summed E-state index contributed by atoms with van der Waals surface area (Å²) in [6.07, 6.45) is 3.06. The van der Waals surface area contributed by atoms with Gasteiger partial charge in [-0.2, -0.15) is 0 Å². The summed E-state index contributed by atoms with van der Waals surface area (Å²) < 4.78 is 4.91. The van der Waals surface area contributed by atoms with Crippen LogP contribution in [0.25, 0.3) is 0 Å². The van der Waals surface area contributed by atoms with Gasteiger partial charge in [-0.05, 0) is 43.1 Å². The van der Waals surface area contributed by atoms with Crippen molar-refractivity contribution in [2.75, 3.05) is 6.61 Å². The number of carbonyl (C=O) groups excluding carboxylic acids is 1. The first kappa shape index (κ1) is 14.2. The molecule has 0 aromatic rings. The molecule has 1 rings (SSSR count). The van der Waals surface area contributed by atoms with Gasteiger partial charge in [-0.3, -0.25) is 0 Å². The fourth-order valence-electron chi connectivity index (χ4n) is 2.55. The highest BCUT2D eigenvalue weighted by Crippen LogP contribution is 2.37. The van der Waals surface area contributed by atoms with Crippen LogP contribution in [0.2, 0.25) is 0 Å². The lowest BCUT2D eigenvalue weighted by Gasteiger charge is -2.36. The highest BCUT2D eigenvalue weighted by Gasteiger charge is 2.33. The van der Waals surface area contributed by atoms with Gasteiger partial charge in [0.1, 0.15) is 0 Å². The second-order valence-electron chi connectivity index (χ2n) is 5.23. The van der Waals surface area contributed by atoms with Crippen molar-refractivity contribution < 1.29 is 14.6 Å². The lowest BCUT2D eigenvalue weighted by molar-refractivity contribution is -0.137. The minimum Gasteiger partial charge on any atom is -0.463 e. The van der Waals surface area contributed by atoms with Crippen molar-refractivity contribution in [2.24, 2.45) is 17.8 Å². The molecule has 0 spiro atoms. The molecule has 1 aliphatic carbocycles. The Bertz CT molecular complexity index is 294. The lowest BCUT2D eigenvalue weighted by atomic mass is 9.72. The van der Waals surface area contributed by atoms with Gasteiger partial charge in [-0.15, -0.1) is 0 Å². The molecule has 0 saturated heterocycles. The van der Waals surface area contributed by atoms with Gasteiger partial charge >= 0.3 is 5.97 Å². The number of aliphatic hydroxyl groups is 1. The molecule has 0 aromatic heterocycles. The molecular formula is C14H24O3. The van der Waals surface area contributed by atoms with E-state index >= 15 is 0 Å². The Kier molecular flexibility index (Phi) is 5.19. The van der Waals surface area contributed by atoms with E-state index in [0.29, 0.717) is 12.5 Å². The van der Waals surface area contributed by atoms with Crippen molar-refractivity contribution in [3.05, 3.63) is 11.6 Å². The van der Waals surface area contributed by atoms with Gasteiger partial charge < -0.3 is 9.84 Å². The Morgan fingerprint density at radius 1 is 1.53 bits per heavy atom. The predicted octanol–water partition coefficient (Wildman–Crippen LogP) is 2.54. The average molecular weight is 240 g/mol. The number of hydrogen-bond donors (Lipinski definition) is 1. The topological polar surface area (TPSA) is 46.5 Å². The smallest absolute Gasteiger partial charge is 0.330 e. The minimum absolute atomic E-state index is 0.256. The van der Waals surface area contributed by atoms with Crippen LogP contribution >= 0.6 is 0 Å². The molecule has 98 valence electrons. The third kappa shape index (κ3) is 3.56. The Morgan fingerprint density at radius 3 is 2.71 bits per heavy atom. The quantitative estimate of drug-likeness (QED) is 0.609. The number of ether oxygens (including phenoxy) is 1. The van der Waals surface area contributed by atoms with E-state index in [4.69, 9.17) is 4.74 Å². The number of carbonyl (C=O) groups is 1. The standard InChI is InChI=1S/C14H24O3/c1-5-17-13(15)8-12-10(4)6-7-11(9(2)3)14(12)16/h8-11,14,16H,5-7H2,1-4H3/b12-8-/t10-,11+,14+/m1/s1. The predicted molar refractivity (Wildman–Crippen MR) is 67.4 cm³/mol. The first-order valence-corrected chi connectivity index (χ1v) is 6.53. The van der Waals surface area contributed by atoms with E-state index in [1.165, 1.54) is 6.08 Å². The molecule has 0 heterocycles. The summed E-state index contributed by atoms with van der Waals surface area (Å²) in [5.41, 5.74) is 0.841. The van der Waals surface area contributed by atoms with Crippen LogP contribution in [0, 0.1) is 17.8 Å². The molecule has 0 unspecified atom stereocenters.